The number of ether oxygens (including phenoxy) is 2. The van der Waals surface area contributed by atoms with Crippen LogP contribution >= 0.6 is 0 Å². The number of nitrogens with zero attached hydrogens (tertiary/aromatic N) is 3. The molecule has 0 spiro atoms. The Hall–Kier alpha value is -2.89. The number of hydrogen-bond acceptors (Lipinski definition) is 6. The first-order chi connectivity index (χ1) is 14.2. The quantitative estimate of drug-likeness (QED) is 0.338. The molecule has 2 aromatic carbocycles. The first-order valence-electron chi connectivity index (χ1n) is 10.3. The third-order valence-electron chi connectivity index (χ3n) is 4.90. The summed E-state index contributed by atoms with van der Waals surface area (Å²) < 4.78 is 17.1. The number of hydrogen-bond donors (Lipinski definition) is 0. The predicted molar refractivity (Wildman–Crippen MR) is 114 cm³/mol. The molecule has 0 fully saturated rings. The van der Waals surface area contributed by atoms with Crippen LogP contribution in [-0.2, 0) is 6.54 Å². The molecule has 0 saturated heterocycles. The molecule has 154 valence electrons. The van der Waals surface area contributed by atoms with Gasteiger partial charge in [0, 0.05) is 6.07 Å². The van der Waals surface area contributed by atoms with Gasteiger partial charge in [0.05, 0.1) is 13.7 Å². The summed E-state index contributed by atoms with van der Waals surface area (Å²) in [6.07, 6.45) is 4.78. The molecule has 3 aromatic rings. The van der Waals surface area contributed by atoms with Gasteiger partial charge < -0.3 is 13.9 Å². The predicted octanol–water partition coefficient (Wildman–Crippen LogP) is 6.72. The van der Waals surface area contributed by atoms with Gasteiger partial charge in [-0.15, -0.1) is 0 Å². The van der Waals surface area contributed by atoms with Gasteiger partial charge in [0.15, 0.2) is 5.58 Å². The first kappa shape index (κ1) is 20.8. The highest BCUT2D eigenvalue weighted by Gasteiger charge is 2.10. The van der Waals surface area contributed by atoms with Gasteiger partial charge in [0.25, 0.3) is 0 Å². The van der Waals surface area contributed by atoms with Gasteiger partial charge in [-0.3, -0.25) is 0 Å². The molecule has 0 N–H and O–H groups in total. The minimum atomic E-state index is 0.270. The maximum absolute atomic E-state index is 5.98. The van der Waals surface area contributed by atoms with E-state index in [-0.39, 0.29) is 6.54 Å². The van der Waals surface area contributed by atoms with Gasteiger partial charge in [-0.2, -0.15) is 10.2 Å². The fourth-order valence-corrected chi connectivity index (χ4v) is 3.10. The number of oxazole rings is 1. The summed E-state index contributed by atoms with van der Waals surface area (Å²) in [7, 11) is 1.62. The summed E-state index contributed by atoms with van der Waals surface area (Å²) in [4.78, 5) is 4.40. The zero-order valence-electron chi connectivity index (χ0n) is 17.4. The van der Waals surface area contributed by atoms with Gasteiger partial charge in [-0.05, 0) is 36.6 Å². The van der Waals surface area contributed by atoms with Crippen molar-refractivity contribution in [1.29, 1.82) is 0 Å². The monoisotopic (exact) mass is 395 g/mol. The maximum Gasteiger partial charge on any atom is 0.219 e. The molecule has 0 aliphatic rings. The number of para-hydroxylation sites is 2. The molecule has 1 unspecified atom stereocenters. The summed E-state index contributed by atoms with van der Waals surface area (Å²) >= 11 is 0. The summed E-state index contributed by atoms with van der Waals surface area (Å²) in [5.74, 6) is 2.53. The Labute approximate surface area is 172 Å². The number of fused-ring (bicyclic) bond motifs is 1. The van der Waals surface area contributed by atoms with Crippen LogP contribution in [0.4, 0.5) is 5.69 Å². The average molecular weight is 396 g/mol. The summed E-state index contributed by atoms with van der Waals surface area (Å²) in [5, 5.41) is 8.49. The Balaban J connectivity index is 1.61. The standard InChI is InChI=1S/C23H29N3O3/c1-4-6-9-17(5-2)16-28-18-12-13-20(22(14-18)27-3)26-24-15-23-25-19-10-7-8-11-21(19)29-23/h7-8,10-14,17H,4-6,9,15-16H2,1-3H3. The van der Waals surface area contributed by atoms with Crippen LogP contribution in [0.2, 0.25) is 0 Å². The van der Waals surface area contributed by atoms with Gasteiger partial charge in [0.1, 0.15) is 29.2 Å². The van der Waals surface area contributed by atoms with E-state index >= 15 is 0 Å². The van der Waals surface area contributed by atoms with Crippen molar-refractivity contribution in [3.63, 3.8) is 0 Å². The lowest BCUT2D eigenvalue weighted by atomic mass is 10.0. The molecule has 1 heterocycles. The Morgan fingerprint density at radius 2 is 2.00 bits per heavy atom. The molecule has 6 heteroatoms. The molecule has 1 aromatic heterocycles. The zero-order valence-corrected chi connectivity index (χ0v) is 17.4. The van der Waals surface area contributed by atoms with E-state index in [9.17, 15) is 0 Å². The van der Waals surface area contributed by atoms with Crippen molar-refractivity contribution in [2.75, 3.05) is 13.7 Å². The van der Waals surface area contributed by atoms with Crippen LogP contribution in [0, 0.1) is 5.92 Å². The highest BCUT2D eigenvalue weighted by atomic mass is 16.5. The topological polar surface area (TPSA) is 69.2 Å². The zero-order chi connectivity index (χ0) is 20.5. The number of aromatic nitrogens is 1. The second-order valence-corrected chi connectivity index (χ2v) is 7.04. The summed E-state index contributed by atoms with van der Waals surface area (Å²) in [5.41, 5.74) is 2.22. The Kier molecular flexibility index (Phi) is 7.61. The fraction of sp³-hybridized carbons (Fsp3) is 0.435. The SMILES string of the molecule is CCCCC(CC)COc1ccc(N=NCc2nc3ccccc3o2)c(OC)c1. The lowest BCUT2D eigenvalue weighted by Crippen LogP contribution is -2.11. The minimum absolute atomic E-state index is 0.270. The minimum Gasteiger partial charge on any atom is -0.494 e. The smallest absolute Gasteiger partial charge is 0.219 e. The number of benzene rings is 2. The first-order valence-corrected chi connectivity index (χ1v) is 10.3. The summed E-state index contributed by atoms with van der Waals surface area (Å²) in [6.45, 7) is 5.42. The average Bonchev–Trinajstić information content (AvgIpc) is 3.17. The van der Waals surface area contributed by atoms with E-state index in [2.05, 4.69) is 29.1 Å². The van der Waals surface area contributed by atoms with Crippen LogP contribution in [-0.4, -0.2) is 18.7 Å². The van der Waals surface area contributed by atoms with Gasteiger partial charge in [-0.1, -0.05) is 45.2 Å². The third kappa shape index (κ3) is 5.79. The molecule has 0 saturated carbocycles. The molecule has 0 bridgehead atoms. The normalized spacial score (nSPS) is 12.5. The van der Waals surface area contributed by atoms with Crippen LogP contribution in [0.5, 0.6) is 11.5 Å². The van der Waals surface area contributed by atoms with Crippen molar-refractivity contribution in [3.05, 3.63) is 48.4 Å². The molecule has 6 nitrogen and oxygen atoms in total. The number of azo groups is 1. The second-order valence-electron chi connectivity index (χ2n) is 7.04. The largest absolute Gasteiger partial charge is 0.494 e. The Bertz CT molecular complexity index is 903. The molecule has 0 aliphatic carbocycles. The van der Waals surface area contributed by atoms with E-state index in [1.54, 1.807) is 7.11 Å². The molecule has 29 heavy (non-hydrogen) atoms. The van der Waals surface area contributed by atoms with Crippen molar-refractivity contribution in [1.82, 2.24) is 4.98 Å². The van der Waals surface area contributed by atoms with Gasteiger partial charge in [-0.25, -0.2) is 4.98 Å². The van der Waals surface area contributed by atoms with Crippen molar-refractivity contribution >= 4 is 16.8 Å². The molecule has 1 atom stereocenters. The maximum atomic E-state index is 5.98. The van der Waals surface area contributed by atoms with E-state index in [1.807, 2.05) is 42.5 Å². The van der Waals surface area contributed by atoms with E-state index in [4.69, 9.17) is 13.9 Å². The van der Waals surface area contributed by atoms with Crippen molar-refractivity contribution < 1.29 is 13.9 Å². The molecular weight excluding hydrogens is 366 g/mol. The highest BCUT2D eigenvalue weighted by Crippen LogP contribution is 2.32. The Morgan fingerprint density at radius 1 is 1.14 bits per heavy atom. The summed E-state index contributed by atoms with van der Waals surface area (Å²) in [6, 6.07) is 13.3. The van der Waals surface area contributed by atoms with Crippen molar-refractivity contribution in [2.24, 2.45) is 16.1 Å². The number of unbranched alkanes of at least 4 members (excludes halogenated alkanes) is 1. The van der Waals surface area contributed by atoms with Crippen LogP contribution < -0.4 is 9.47 Å². The van der Waals surface area contributed by atoms with Crippen LogP contribution in [0.25, 0.3) is 11.1 Å². The van der Waals surface area contributed by atoms with Gasteiger partial charge in [0.2, 0.25) is 5.89 Å². The van der Waals surface area contributed by atoms with E-state index in [0.717, 1.165) is 29.9 Å². The molecule has 0 aliphatic heterocycles. The molecular formula is C23H29N3O3. The number of rotatable bonds is 11. The van der Waals surface area contributed by atoms with Crippen LogP contribution in [0.3, 0.4) is 0 Å². The lowest BCUT2D eigenvalue weighted by molar-refractivity contribution is 0.232. The van der Waals surface area contributed by atoms with Gasteiger partial charge >= 0.3 is 0 Å². The third-order valence-corrected chi connectivity index (χ3v) is 4.90. The van der Waals surface area contributed by atoms with Crippen LogP contribution in [0.1, 0.15) is 45.4 Å². The Morgan fingerprint density at radius 3 is 2.76 bits per heavy atom. The van der Waals surface area contributed by atoms with Crippen LogP contribution in [0.15, 0.2) is 57.1 Å². The fourth-order valence-electron chi connectivity index (χ4n) is 3.10. The second kappa shape index (κ2) is 10.6. The van der Waals surface area contributed by atoms with E-state index < -0.39 is 0 Å². The molecule has 3 rings (SSSR count). The molecule has 0 radical (unpaired) electrons. The van der Waals surface area contributed by atoms with Crippen molar-refractivity contribution in [3.8, 4) is 11.5 Å². The lowest BCUT2D eigenvalue weighted by Gasteiger charge is -2.16. The molecule has 0 amide bonds. The highest BCUT2D eigenvalue weighted by molar-refractivity contribution is 5.72. The number of methoxy groups -OCH3 is 1. The van der Waals surface area contributed by atoms with E-state index in [0.29, 0.717) is 23.2 Å². The van der Waals surface area contributed by atoms with E-state index in [1.165, 1.54) is 19.3 Å². The van der Waals surface area contributed by atoms with Crippen molar-refractivity contribution in [2.45, 2.75) is 46.1 Å².